The lowest BCUT2D eigenvalue weighted by atomic mass is 9.77. The van der Waals surface area contributed by atoms with Gasteiger partial charge in [0.25, 0.3) is 5.91 Å². The molecule has 1 spiro atoms. The number of amides is 2. The van der Waals surface area contributed by atoms with Crippen molar-refractivity contribution in [2.75, 3.05) is 47.0 Å². The fourth-order valence-electron chi connectivity index (χ4n) is 3.94. The number of piperidine rings is 1. The molecule has 1 aromatic rings. The lowest BCUT2D eigenvalue weighted by Gasteiger charge is -2.38. The zero-order chi connectivity index (χ0) is 18.6. The van der Waals surface area contributed by atoms with E-state index in [1.165, 1.54) is 7.11 Å². The van der Waals surface area contributed by atoms with Crippen LogP contribution in [0.3, 0.4) is 0 Å². The zero-order valence-corrected chi connectivity index (χ0v) is 15.6. The standard InChI is InChI=1S/C19H27N3O4/c1-25-11-3-8-22-14-19(13-17(22)23)5-9-21(10-6-19)18(24)15-4-7-20-16(12-15)26-2/h4,7,12H,3,5-6,8-11,13-14H2,1-2H3. The second-order valence-electron chi connectivity index (χ2n) is 7.22. The first-order valence-electron chi connectivity index (χ1n) is 9.13. The van der Waals surface area contributed by atoms with Crippen molar-refractivity contribution in [3.8, 4) is 5.88 Å². The summed E-state index contributed by atoms with van der Waals surface area (Å²) in [6, 6.07) is 3.38. The van der Waals surface area contributed by atoms with Gasteiger partial charge in [-0.2, -0.15) is 0 Å². The lowest BCUT2D eigenvalue weighted by molar-refractivity contribution is -0.128. The average Bonchev–Trinajstić information content (AvgIpc) is 2.97. The van der Waals surface area contributed by atoms with E-state index < -0.39 is 0 Å². The molecule has 26 heavy (non-hydrogen) atoms. The third kappa shape index (κ3) is 3.98. The summed E-state index contributed by atoms with van der Waals surface area (Å²) in [5.74, 6) is 0.680. The number of carbonyl (C=O) groups excluding carboxylic acids is 2. The van der Waals surface area contributed by atoms with E-state index in [9.17, 15) is 9.59 Å². The normalized spacial score (nSPS) is 19.2. The van der Waals surface area contributed by atoms with Crippen LogP contribution in [-0.2, 0) is 9.53 Å². The second kappa shape index (κ2) is 8.03. The monoisotopic (exact) mass is 361 g/mol. The van der Waals surface area contributed by atoms with Crippen LogP contribution in [0.25, 0.3) is 0 Å². The molecule has 0 saturated carbocycles. The SMILES string of the molecule is COCCCN1CC2(CCN(C(=O)c3ccnc(OC)c3)CC2)CC1=O. The van der Waals surface area contributed by atoms with E-state index in [0.29, 0.717) is 37.6 Å². The van der Waals surface area contributed by atoms with Gasteiger partial charge in [-0.1, -0.05) is 0 Å². The number of pyridine rings is 1. The minimum absolute atomic E-state index is 0.00169. The molecule has 0 aromatic carbocycles. The second-order valence-corrected chi connectivity index (χ2v) is 7.22. The highest BCUT2D eigenvalue weighted by Gasteiger charge is 2.45. The van der Waals surface area contributed by atoms with E-state index in [1.54, 1.807) is 25.4 Å². The van der Waals surface area contributed by atoms with Crippen LogP contribution >= 0.6 is 0 Å². The summed E-state index contributed by atoms with van der Waals surface area (Å²) in [5, 5.41) is 0. The van der Waals surface area contributed by atoms with Crippen molar-refractivity contribution in [3.63, 3.8) is 0 Å². The van der Waals surface area contributed by atoms with E-state index in [2.05, 4.69) is 4.98 Å². The highest BCUT2D eigenvalue weighted by atomic mass is 16.5. The third-order valence-electron chi connectivity index (χ3n) is 5.48. The van der Waals surface area contributed by atoms with Crippen LogP contribution in [0.4, 0.5) is 0 Å². The number of rotatable bonds is 6. The molecule has 2 saturated heterocycles. The largest absolute Gasteiger partial charge is 0.481 e. The van der Waals surface area contributed by atoms with Crippen molar-refractivity contribution < 1.29 is 19.1 Å². The van der Waals surface area contributed by atoms with Gasteiger partial charge in [0.2, 0.25) is 11.8 Å². The molecular weight excluding hydrogens is 334 g/mol. The Bertz CT molecular complexity index is 656. The maximum Gasteiger partial charge on any atom is 0.254 e. The van der Waals surface area contributed by atoms with Gasteiger partial charge in [-0.3, -0.25) is 9.59 Å². The van der Waals surface area contributed by atoms with Crippen molar-refractivity contribution in [2.45, 2.75) is 25.7 Å². The maximum absolute atomic E-state index is 12.7. The molecule has 142 valence electrons. The van der Waals surface area contributed by atoms with Crippen LogP contribution in [0, 0.1) is 5.41 Å². The van der Waals surface area contributed by atoms with Crippen molar-refractivity contribution in [2.24, 2.45) is 5.41 Å². The first kappa shape index (κ1) is 18.6. The number of hydrogen-bond acceptors (Lipinski definition) is 5. The minimum Gasteiger partial charge on any atom is -0.481 e. The third-order valence-corrected chi connectivity index (χ3v) is 5.48. The molecule has 3 rings (SSSR count). The topological polar surface area (TPSA) is 72.0 Å². The first-order valence-corrected chi connectivity index (χ1v) is 9.13. The number of methoxy groups -OCH3 is 2. The summed E-state index contributed by atoms with van der Waals surface area (Å²) in [6.07, 6.45) is 4.80. The molecule has 0 bridgehead atoms. The van der Waals surface area contributed by atoms with Gasteiger partial charge in [-0.05, 0) is 25.3 Å². The predicted molar refractivity (Wildman–Crippen MR) is 96.0 cm³/mol. The smallest absolute Gasteiger partial charge is 0.254 e. The molecule has 7 heteroatoms. The number of hydrogen-bond donors (Lipinski definition) is 0. The minimum atomic E-state index is 0.00169. The quantitative estimate of drug-likeness (QED) is 0.720. The predicted octanol–water partition coefficient (Wildman–Crippen LogP) is 1.58. The van der Waals surface area contributed by atoms with Gasteiger partial charge >= 0.3 is 0 Å². The van der Waals surface area contributed by atoms with Crippen LogP contribution in [0.15, 0.2) is 18.3 Å². The Morgan fingerprint density at radius 1 is 1.31 bits per heavy atom. The van der Waals surface area contributed by atoms with E-state index in [0.717, 1.165) is 32.4 Å². The molecule has 7 nitrogen and oxygen atoms in total. The van der Waals surface area contributed by atoms with Crippen LogP contribution in [0.5, 0.6) is 5.88 Å². The van der Waals surface area contributed by atoms with E-state index in [-0.39, 0.29) is 17.2 Å². The van der Waals surface area contributed by atoms with Gasteiger partial charge in [0.1, 0.15) is 0 Å². The Labute approximate surface area is 154 Å². The Kier molecular flexibility index (Phi) is 5.76. The summed E-state index contributed by atoms with van der Waals surface area (Å²) >= 11 is 0. The Morgan fingerprint density at radius 2 is 2.08 bits per heavy atom. The molecule has 3 heterocycles. The van der Waals surface area contributed by atoms with Gasteiger partial charge in [0, 0.05) is 69.6 Å². The van der Waals surface area contributed by atoms with Gasteiger partial charge in [0.05, 0.1) is 7.11 Å². The summed E-state index contributed by atoms with van der Waals surface area (Å²) < 4.78 is 10.2. The van der Waals surface area contributed by atoms with Gasteiger partial charge < -0.3 is 19.3 Å². The fourth-order valence-corrected chi connectivity index (χ4v) is 3.94. The van der Waals surface area contributed by atoms with Crippen molar-refractivity contribution in [3.05, 3.63) is 23.9 Å². The fraction of sp³-hybridized carbons (Fsp3) is 0.632. The summed E-state index contributed by atoms with van der Waals surface area (Å²) in [6.45, 7) is 3.61. The summed E-state index contributed by atoms with van der Waals surface area (Å²) in [5.41, 5.74) is 0.619. The number of aromatic nitrogens is 1. The number of nitrogens with zero attached hydrogens (tertiary/aromatic N) is 3. The average molecular weight is 361 g/mol. The van der Waals surface area contributed by atoms with Crippen LogP contribution < -0.4 is 4.74 Å². The van der Waals surface area contributed by atoms with E-state index >= 15 is 0 Å². The van der Waals surface area contributed by atoms with Crippen molar-refractivity contribution in [1.29, 1.82) is 0 Å². The molecule has 0 radical (unpaired) electrons. The summed E-state index contributed by atoms with van der Waals surface area (Å²) in [4.78, 5) is 32.9. The summed E-state index contributed by atoms with van der Waals surface area (Å²) in [7, 11) is 3.22. The highest BCUT2D eigenvalue weighted by molar-refractivity contribution is 5.94. The maximum atomic E-state index is 12.7. The van der Waals surface area contributed by atoms with Crippen molar-refractivity contribution in [1.82, 2.24) is 14.8 Å². The molecule has 0 atom stereocenters. The lowest BCUT2D eigenvalue weighted by Crippen LogP contribution is -2.44. The molecule has 0 unspecified atom stereocenters. The molecular formula is C19H27N3O4. The van der Waals surface area contributed by atoms with Crippen LogP contribution in [-0.4, -0.2) is 73.6 Å². The van der Waals surface area contributed by atoms with E-state index in [1.807, 2.05) is 9.80 Å². The van der Waals surface area contributed by atoms with Gasteiger partial charge in [0.15, 0.2) is 0 Å². The van der Waals surface area contributed by atoms with Crippen LogP contribution in [0.2, 0.25) is 0 Å². The molecule has 2 aliphatic rings. The van der Waals surface area contributed by atoms with Crippen LogP contribution in [0.1, 0.15) is 36.0 Å². The number of ether oxygens (including phenoxy) is 2. The van der Waals surface area contributed by atoms with E-state index in [4.69, 9.17) is 9.47 Å². The number of likely N-dealkylation sites (tertiary alicyclic amines) is 2. The zero-order valence-electron chi connectivity index (χ0n) is 15.6. The van der Waals surface area contributed by atoms with Crippen molar-refractivity contribution >= 4 is 11.8 Å². The molecule has 2 aliphatic heterocycles. The first-order chi connectivity index (χ1) is 12.6. The van der Waals surface area contributed by atoms with Gasteiger partial charge in [-0.15, -0.1) is 0 Å². The molecule has 0 aliphatic carbocycles. The highest BCUT2D eigenvalue weighted by Crippen LogP contribution is 2.41. The van der Waals surface area contributed by atoms with Gasteiger partial charge in [-0.25, -0.2) is 4.98 Å². The number of carbonyl (C=O) groups is 2. The Hall–Kier alpha value is -2.15. The molecule has 2 fully saturated rings. The molecule has 2 amide bonds. The molecule has 1 aromatic heterocycles. The Morgan fingerprint density at radius 3 is 2.77 bits per heavy atom. The molecule has 0 N–H and O–H groups in total. The Balaban J connectivity index is 1.57.